The van der Waals surface area contributed by atoms with Crippen LogP contribution in [0.15, 0.2) is 60.7 Å². The number of nitrogens with zero attached hydrogens (tertiary/aromatic N) is 4. The van der Waals surface area contributed by atoms with Crippen molar-refractivity contribution in [2.24, 2.45) is 0 Å². The summed E-state index contributed by atoms with van der Waals surface area (Å²) in [6.07, 6.45) is 2.93. The van der Waals surface area contributed by atoms with E-state index in [1.165, 1.54) is 37.1 Å². The minimum absolute atomic E-state index is 0.127. The summed E-state index contributed by atoms with van der Waals surface area (Å²) < 4.78 is 10.6. The zero-order valence-corrected chi connectivity index (χ0v) is 21.3. The predicted octanol–water partition coefficient (Wildman–Crippen LogP) is 3.99. The van der Waals surface area contributed by atoms with Crippen LogP contribution in [0.2, 0.25) is 0 Å². The lowest BCUT2D eigenvalue weighted by Gasteiger charge is -2.30. The highest BCUT2D eigenvalue weighted by atomic mass is 16.5. The van der Waals surface area contributed by atoms with E-state index < -0.39 is 0 Å². The molecule has 3 aromatic rings. The molecule has 2 aliphatic rings. The standard InChI is InChI=1S/C29H33N5O3/c1-20-17-25-26(30)31-29(37-16-15-36-2)32-27(25)34(28(20)35)19-22-7-11-24(12-8-22)23-9-5-21(6-10-23)18-33-13-3-4-14-33/h5-12H,1,3-4,13-19H2,2H3,(H2,30,31,32). The highest BCUT2D eigenvalue weighted by Crippen LogP contribution is 2.34. The van der Waals surface area contributed by atoms with Crippen LogP contribution in [0.5, 0.6) is 6.01 Å². The number of methoxy groups -OCH3 is 1. The Balaban J connectivity index is 1.32. The van der Waals surface area contributed by atoms with Crippen molar-refractivity contribution < 1.29 is 14.3 Å². The first-order valence-corrected chi connectivity index (χ1v) is 12.7. The smallest absolute Gasteiger partial charge is 0.320 e. The molecule has 0 aliphatic carbocycles. The van der Waals surface area contributed by atoms with E-state index in [1.807, 2.05) is 12.1 Å². The molecule has 0 saturated carbocycles. The maximum atomic E-state index is 13.1. The minimum Gasteiger partial charge on any atom is -0.461 e. The van der Waals surface area contributed by atoms with Crippen LogP contribution in [-0.2, 0) is 29.0 Å². The van der Waals surface area contributed by atoms with Crippen LogP contribution in [0.25, 0.3) is 11.1 Å². The van der Waals surface area contributed by atoms with Gasteiger partial charge in [0.15, 0.2) is 0 Å². The van der Waals surface area contributed by atoms with Crippen molar-refractivity contribution in [3.05, 3.63) is 77.4 Å². The van der Waals surface area contributed by atoms with Gasteiger partial charge >= 0.3 is 6.01 Å². The lowest BCUT2D eigenvalue weighted by atomic mass is 9.99. The third-order valence-electron chi connectivity index (χ3n) is 6.90. The van der Waals surface area contributed by atoms with Gasteiger partial charge in [0, 0.05) is 31.2 Å². The second-order valence-electron chi connectivity index (χ2n) is 9.58. The van der Waals surface area contributed by atoms with Gasteiger partial charge in [0.1, 0.15) is 18.2 Å². The summed E-state index contributed by atoms with van der Waals surface area (Å²) in [7, 11) is 1.59. The molecule has 37 heavy (non-hydrogen) atoms. The first kappa shape index (κ1) is 24.9. The third kappa shape index (κ3) is 5.65. The molecule has 1 amide bonds. The summed E-state index contributed by atoms with van der Waals surface area (Å²) in [4.78, 5) is 25.9. The Kier molecular flexibility index (Phi) is 7.48. The largest absolute Gasteiger partial charge is 0.461 e. The summed E-state index contributed by atoms with van der Waals surface area (Å²) in [5.41, 5.74) is 12.0. The molecule has 192 valence electrons. The maximum Gasteiger partial charge on any atom is 0.320 e. The van der Waals surface area contributed by atoms with E-state index in [4.69, 9.17) is 15.2 Å². The van der Waals surface area contributed by atoms with Crippen LogP contribution in [-0.4, -0.2) is 54.2 Å². The van der Waals surface area contributed by atoms with Gasteiger partial charge in [-0.15, -0.1) is 0 Å². The van der Waals surface area contributed by atoms with Crippen LogP contribution in [0, 0.1) is 0 Å². The van der Waals surface area contributed by atoms with E-state index in [-0.39, 0.29) is 18.5 Å². The molecule has 5 rings (SSSR count). The normalized spacial score (nSPS) is 15.8. The molecular formula is C29H33N5O3. The fraction of sp³-hybridized carbons (Fsp3) is 0.345. The third-order valence-corrected chi connectivity index (χ3v) is 6.90. The van der Waals surface area contributed by atoms with Gasteiger partial charge in [-0.3, -0.25) is 14.6 Å². The molecule has 3 heterocycles. The van der Waals surface area contributed by atoms with Gasteiger partial charge in [0.2, 0.25) is 0 Å². The first-order valence-electron chi connectivity index (χ1n) is 12.7. The van der Waals surface area contributed by atoms with Crippen molar-refractivity contribution >= 4 is 17.5 Å². The van der Waals surface area contributed by atoms with E-state index >= 15 is 0 Å². The van der Waals surface area contributed by atoms with Crippen molar-refractivity contribution in [1.29, 1.82) is 0 Å². The zero-order valence-electron chi connectivity index (χ0n) is 21.3. The number of hydrogen-bond donors (Lipinski definition) is 1. The van der Waals surface area contributed by atoms with Gasteiger partial charge in [0.05, 0.1) is 13.2 Å². The molecule has 0 bridgehead atoms. The minimum atomic E-state index is -0.175. The van der Waals surface area contributed by atoms with E-state index in [9.17, 15) is 4.79 Å². The Bertz CT molecular complexity index is 1270. The van der Waals surface area contributed by atoms with E-state index in [2.05, 4.69) is 57.8 Å². The number of anilines is 2. The average Bonchev–Trinajstić information content (AvgIpc) is 3.42. The highest BCUT2D eigenvalue weighted by molar-refractivity contribution is 6.08. The zero-order chi connectivity index (χ0) is 25.8. The maximum absolute atomic E-state index is 13.1. The van der Waals surface area contributed by atoms with Crippen LogP contribution in [0.3, 0.4) is 0 Å². The van der Waals surface area contributed by atoms with Crippen LogP contribution in [0.1, 0.15) is 29.5 Å². The van der Waals surface area contributed by atoms with Crippen LogP contribution >= 0.6 is 0 Å². The summed E-state index contributed by atoms with van der Waals surface area (Å²) in [5, 5.41) is 0. The quantitative estimate of drug-likeness (QED) is 0.351. The van der Waals surface area contributed by atoms with Gasteiger partial charge in [-0.1, -0.05) is 55.1 Å². The number of nitrogen functional groups attached to an aromatic ring is 1. The van der Waals surface area contributed by atoms with Crippen LogP contribution < -0.4 is 15.4 Å². The fourth-order valence-corrected chi connectivity index (χ4v) is 4.85. The number of carbonyl (C=O) groups excluding carboxylic acids is 1. The Morgan fingerprint density at radius 2 is 1.54 bits per heavy atom. The number of aromatic nitrogens is 2. The highest BCUT2D eigenvalue weighted by Gasteiger charge is 2.31. The average molecular weight is 500 g/mol. The molecule has 0 unspecified atom stereocenters. The summed E-state index contributed by atoms with van der Waals surface area (Å²) in [6, 6.07) is 17.2. The number of nitrogens with two attached hydrogens (primary N) is 1. The SMILES string of the molecule is C=C1Cc2c(N)nc(OCCOC)nc2N(Cc2ccc(-c3ccc(CN4CCCC4)cc3)cc2)C1=O. The summed E-state index contributed by atoms with van der Waals surface area (Å²) >= 11 is 0. The van der Waals surface area contributed by atoms with Gasteiger partial charge in [-0.25, -0.2) is 0 Å². The number of ether oxygens (including phenoxy) is 2. The Morgan fingerprint density at radius 3 is 2.16 bits per heavy atom. The number of likely N-dealkylation sites (tertiary alicyclic amines) is 1. The van der Waals surface area contributed by atoms with E-state index in [0.29, 0.717) is 42.3 Å². The fourth-order valence-electron chi connectivity index (χ4n) is 4.85. The predicted molar refractivity (Wildman–Crippen MR) is 144 cm³/mol. The Morgan fingerprint density at radius 1 is 0.919 bits per heavy atom. The van der Waals surface area contributed by atoms with Crippen molar-refractivity contribution in [2.75, 3.05) is 44.0 Å². The van der Waals surface area contributed by atoms with Gasteiger partial charge in [0.25, 0.3) is 5.91 Å². The Labute approximate surface area is 217 Å². The van der Waals surface area contributed by atoms with Crippen molar-refractivity contribution in [1.82, 2.24) is 14.9 Å². The molecule has 1 aromatic heterocycles. The first-order chi connectivity index (χ1) is 18.0. The van der Waals surface area contributed by atoms with Crippen molar-refractivity contribution in [3.63, 3.8) is 0 Å². The molecule has 2 aliphatic heterocycles. The number of hydrogen-bond acceptors (Lipinski definition) is 7. The topological polar surface area (TPSA) is 93.8 Å². The molecule has 1 fully saturated rings. The van der Waals surface area contributed by atoms with Gasteiger partial charge in [-0.2, -0.15) is 9.97 Å². The molecule has 0 radical (unpaired) electrons. The second-order valence-corrected chi connectivity index (χ2v) is 9.58. The van der Waals surface area contributed by atoms with Crippen LogP contribution in [0.4, 0.5) is 11.6 Å². The monoisotopic (exact) mass is 499 g/mol. The number of carbonyl (C=O) groups is 1. The van der Waals surface area contributed by atoms with Crippen molar-refractivity contribution in [2.45, 2.75) is 32.4 Å². The molecule has 0 atom stereocenters. The second kappa shape index (κ2) is 11.1. The molecule has 0 spiro atoms. The molecule has 2 N–H and O–H groups in total. The van der Waals surface area contributed by atoms with E-state index in [0.717, 1.165) is 17.7 Å². The lowest BCUT2D eigenvalue weighted by Crippen LogP contribution is -2.37. The molecule has 8 heteroatoms. The molecular weight excluding hydrogens is 466 g/mol. The molecule has 1 saturated heterocycles. The lowest BCUT2D eigenvalue weighted by molar-refractivity contribution is -0.115. The summed E-state index contributed by atoms with van der Waals surface area (Å²) in [5.74, 6) is 0.584. The number of benzene rings is 2. The number of amides is 1. The Hall–Kier alpha value is -3.75. The summed E-state index contributed by atoms with van der Waals surface area (Å²) in [6.45, 7) is 8.38. The number of fused-ring (bicyclic) bond motifs is 1. The molecule has 2 aromatic carbocycles. The van der Waals surface area contributed by atoms with Crippen molar-refractivity contribution in [3.8, 4) is 17.1 Å². The van der Waals surface area contributed by atoms with Gasteiger partial charge in [-0.05, 0) is 48.2 Å². The van der Waals surface area contributed by atoms with Gasteiger partial charge < -0.3 is 15.2 Å². The molecule has 8 nitrogen and oxygen atoms in total. The van der Waals surface area contributed by atoms with E-state index in [1.54, 1.807) is 12.0 Å². The number of rotatable bonds is 9.